The summed E-state index contributed by atoms with van der Waals surface area (Å²) in [5.74, 6) is 0.401. The van der Waals surface area contributed by atoms with E-state index in [0.29, 0.717) is 5.75 Å². The summed E-state index contributed by atoms with van der Waals surface area (Å²) in [5.41, 5.74) is 6.19. The van der Waals surface area contributed by atoms with E-state index in [1.54, 1.807) is 11.4 Å². The average molecular weight is 309 g/mol. The molecule has 20 heavy (non-hydrogen) atoms. The molecule has 1 heterocycles. The van der Waals surface area contributed by atoms with Crippen molar-refractivity contribution in [1.82, 2.24) is 0 Å². The fourth-order valence-electron chi connectivity index (χ4n) is 1.54. The minimum atomic E-state index is -3.79. The number of ether oxygens (including phenoxy) is 1. The highest BCUT2D eigenvalue weighted by atomic mass is 32.2. The first kappa shape index (κ1) is 14.2. The van der Waals surface area contributed by atoms with E-state index in [9.17, 15) is 8.42 Å². The van der Waals surface area contributed by atoms with Gasteiger partial charge in [-0.1, -0.05) is 0 Å². The lowest BCUT2D eigenvalue weighted by molar-refractivity contribution is 0.416. The topological polar surface area (TPSA) is 105 Å². The molecule has 1 aromatic heterocycles. The van der Waals surface area contributed by atoms with Crippen LogP contribution in [0.4, 0.5) is 10.7 Å². The van der Waals surface area contributed by atoms with Crippen molar-refractivity contribution in [3.63, 3.8) is 0 Å². The maximum Gasteiger partial charge on any atom is 0.262 e. The number of nitrogens with two attached hydrogens (primary N) is 1. The fourth-order valence-corrected chi connectivity index (χ4v) is 3.64. The number of anilines is 2. The number of nitrogen functional groups attached to an aromatic ring is 1. The van der Waals surface area contributed by atoms with Crippen molar-refractivity contribution in [1.29, 1.82) is 5.26 Å². The van der Waals surface area contributed by atoms with E-state index in [2.05, 4.69) is 4.72 Å². The van der Waals surface area contributed by atoms with Crippen molar-refractivity contribution in [3.05, 3.63) is 35.2 Å². The first-order valence-corrected chi connectivity index (χ1v) is 7.78. The Labute approximate surface area is 120 Å². The molecule has 1 aromatic carbocycles. The van der Waals surface area contributed by atoms with E-state index in [1.165, 1.54) is 25.3 Å². The summed E-state index contributed by atoms with van der Waals surface area (Å²) in [6.07, 6.45) is 0. The Morgan fingerprint density at radius 1 is 1.40 bits per heavy atom. The van der Waals surface area contributed by atoms with Crippen LogP contribution in [0, 0.1) is 11.3 Å². The van der Waals surface area contributed by atoms with Gasteiger partial charge in [0.25, 0.3) is 10.0 Å². The molecule has 0 saturated heterocycles. The van der Waals surface area contributed by atoms with Crippen LogP contribution in [0.2, 0.25) is 0 Å². The lowest BCUT2D eigenvalue weighted by Gasteiger charge is -2.09. The number of benzene rings is 1. The van der Waals surface area contributed by atoms with Gasteiger partial charge >= 0.3 is 0 Å². The van der Waals surface area contributed by atoms with Crippen LogP contribution in [0.5, 0.6) is 5.75 Å². The molecule has 0 radical (unpaired) electrons. The van der Waals surface area contributed by atoms with Crippen LogP contribution < -0.4 is 15.2 Å². The molecule has 0 aliphatic rings. The minimum Gasteiger partial charge on any atom is -0.495 e. The zero-order chi connectivity index (χ0) is 14.8. The van der Waals surface area contributed by atoms with Gasteiger partial charge in [-0.3, -0.25) is 4.72 Å². The van der Waals surface area contributed by atoms with Crippen molar-refractivity contribution in [2.45, 2.75) is 4.90 Å². The molecule has 0 aliphatic heterocycles. The number of nitrogens with one attached hydrogen (secondary N) is 1. The molecule has 3 N–H and O–H groups in total. The molecule has 0 amide bonds. The van der Waals surface area contributed by atoms with Crippen molar-refractivity contribution >= 4 is 32.0 Å². The molecule has 0 aliphatic carbocycles. The van der Waals surface area contributed by atoms with Gasteiger partial charge in [-0.25, -0.2) is 8.42 Å². The predicted octanol–water partition coefficient (Wildman–Crippen LogP) is 2.01. The van der Waals surface area contributed by atoms with E-state index in [0.717, 1.165) is 11.3 Å². The molecule has 0 fully saturated rings. The molecular formula is C12H11N3O3S2. The first-order chi connectivity index (χ1) is 9.47. The molecule has 0 saturated carbocycles. The van der Waals surface area contributed by atoms with Gasteiger partial charge < -0.3 is 10.5 Å². The molecular weight excluding hydrogens is 298 g/mol. The van der Waals surface area contributed by atoms with Crippen molar-refractivity contribution < 1.29 is 13.2 Å². The number of nitrogens with zero attached hydrogens (tertiary/aromatic N) is 1. The molecule has 0 spiro atoms. The highest BCUT2D eigenvalue weighted by Crippen LogP contribution is 2.28. The average Bonchev–Trinajstić information content (AvgIpc) is 2.85. The monoisotopic (exact) mass is 309 g/mol. The van der Waals surface area contributed by atoms with Gasteiger partial charge in [-0.2, -0.15) is 5.26 Å². The van der Waals surface area contributed by atoms with E-state index < -0.39 is 10.0 Å². The first-order valence-electron chi connectivity index (χ1n) is 5.42. The second-order valence-corrected chi connectivity index (χ2v) is 6.38. The number of hydrogen-bond acceptors (Lipinski definition) is 6. The zero-order valence-electron chi connectivity index (χ0n) is 10.5. The van der Waals surface area contributed by atoms with Gasteiger partial charge in [-0.15, -0.1) is 11.3 Å². The van der Waals surface area contributed by atoms with Gasteiger partial charge in [0.05, 0.1) is 23.3 Å². The summed E-state index contributed by atoms with van der Waals surface area (Å²) in [6, 6.07) is 7.63. The highest BCUT2D eigenvalue weighted by Gasteiger charge is 2.18. The second kappa shape index (κ2) is 5.40. The summed E-state index contributed by atoms with van der Waals surface area (Å²) in [7, 11) is -2.34. The van der Waals surface area contributed by atoms with Crippen molar-refractivity contribution in [2.75, 3.05) is 17.6 Å². The standard InChI is InChI=1S/C12H11N3O3S2/c1-18-11-3-2-9(6-10(11)14)20(16,17)15-12-8(7-13)4-5-19-12/h2-6,15H,14H2,1H3. The van der Waals surface area contributed by atoms with Crippen LogP contribution in [0.1, 0.15) is 5.56 Å². The maximum absolute atomic E-state index is 12.2. The van der Waals surface area contributed by atoms with Crippen LogP contribution >= 0.6 is 11.3 Å². The van der Waals surface area contributed by atoms with Gasteiger partial charge in [-0.05, 0) is 29.6 Å². The van der Waals surface area contributed by atoms with Gasteiger partial charge in [0.15, 0.2) is 0 Å². The van der Waals surface area contributed by atoms with Gasteiger partial charge in [0.2, 0.25) is 0 Å². The molecule has 2 rings (SSSR count). The predicted molar refractivity (Wildman–Crippen MR) is 77.2 cm³/mol. The Balaban J connectivity index is 2.36. The largest absolute Gasteiger partial charge is 0.495 e. The number of rotatable bonds is 4. The third kappa shape index (κ3) is 2.68. The number of sulfonamides is 1. The van der Waals surface area contributed by atoms with Crippen molar-refractivity contribution in [2.24, 2.45) is 0 Å². The third-order valence-corrected chi connectivity index (χ3v) is 4.83. The molecule has 0 unspecified atom stereocenters. The molecule has 0 bridgehead atoms. The second-order valence-electron chi connectivity index (χ2n) is 3.78. The van der Waals surface area contributed by atoms with E-state index in [1.807, 2.05) is 6.07 Å². The lowest BCUT2D eigenvalue weighted by Crippen LogP contribution is -2.13. The maximum atomic E-state index is 12.2. The van der Waals surface area contributed by atoms with Gasteiger partial charge in [0, 0.05) is 0 Å². The summed E-state index contributed by atoms with van der Waals surface area (Å²) in [6.45, 7) is 0. The lowest BCUT2D eigenvalue weighted by atomic mass is 10.3. The quantitative estimate of drug-likeness (QED) is 0.840. The van der Waals surface area contributed by atoms with Gasteiger partial charge in [0.1, 0.15) is 16.8 Å². The number of methoxy groups -OCH3 is 1. The molecule has 8 heteroatoms. The molecule has 104 valence electrons. The Bertz CT molecular complexity index is 775. The van der Waals surface area contributed by atoms with Crippen LogP contribution in [-0.2, 0) is 10.0 Å². The molecule has 2 aromatic rings. The van der Waals surface area contributed by atoms with E-state index in [4.69, 9.17) is 15.7 Å². The Kier molecular flexibility index (Phi) is 3.83. The van der Waals surface area contributed by atoms with Crippen LogP contribution in [-0.4, -0.2) is 15.5 Å². The smallest absolute Gasteiger partial charge is 0.262 e. The third-order valence-electron chi connectivity index (χ3n) is 2.52. The SMILES string of the molecule is COc1ccc(S(=O)(=O)Nc2sccc2C#N)cc1N. The number of hydrogen-bond donors (Lipinski definition) is 2. The fraction of sp³-hybridized carbons (Fsp3) is 0.0833. The Hall–Kier alpha value is -2.24. The Morgan fingerprint density at radius 3 is 2.75 bits per heavy atom. The highest BCUT2D eigenvalue weighted by molar-refractivity contribution is 7.93. The number of nitriles is 1. The molecule has 6 nitrogen and oxygen atoms in total. The van der Waals surface area contributed by atoms with E-state index >= 15 is 0 Å². The summed E-state index contributed by atoms with van der Waals surface area (Å²) >= 11 is 1.14. The molecule has 0 atom stereocenters. The summed E-state index contributed by atoms with van der Waals surface area (Å²) < 4.78 is 31.8. The zero-order valence-corrected chi connectivity index (χ0v) is 12.1. The van der Waals surface area contributed by atoms with E-state index in [-0.39, 0.29) is 21.1 Å². The van der Waals surface area contributed by atoms with Crippen LogP contribution in [0.3, 0.4) is 0 Å². The van der Waals surface area contributed by atoms with Crippen molar-refractivity contribution in [3.8, 4) is 11.8 Å². The Morgan fingerprint density at radius 2 is 2.15 bits per heavy atom. The van der Waals surface area contributed by atoms with Crippen LogP contribution in [0.25, 0.3) is 0 Å². The van der Waals surface area contributed by atoms with Crippen LogP contribution in [0.15, 0.2) is 34.5 Å². The number of thiophene rings is 1. The summed E-state index contributed by atoms with van der Waals surface area (Å²) in [5, 5.41) is 10.8. The summed E-state index contributed by atoms with van der Waals surface area (Å²) in [4.78, 5) is 0.00749. The normalized spacial score (nSPS) is 10.8. The minimum absolute atomic E-state index is 0.00749.